The first-order valence-electron chi connectivity index (χ1n) is 5.08. The van der Waals surface area contributed by atoms with E-state index < -0.39 is 0 Å². The van der Waals surface area contributed by atoms with Crippen molar-refractivity contribution in [3.8, 4) is 11.4 Å². The SMILES string of the molecule is CCNc1nc(C)nc(-c2c[c-]ncc2)n1.[W]. The molecule has 0 bridgehead atoms. The second kappa shape index (κ2) is 6.40. The first-order chi connectivity index (χ1) is 7.79. The predicted molar refractivity (Wildman–Crippen MR) is 60.8 cm³/mol. The molecule has 0 fully saturated rings. The molecule has 0 saturated carbocycles. The first kappa shape index (κ1) is 13.7. The molecule has 17 heavy (non-hydrogen) atoms. The van der Waals surface area contributed by atoms with Crippen molar-refractivity contribution in [3.63, 3.8) is 0 Å². The minimum atomic E-state index is 0. The van der Waals surface area contributed by atoms with Crippen LogP contribution in [-0.2, 0) is 21.1 Å². The van der Waals surface area contributed by atoms with Crippen LogP contribution in [0, 0.1) is 13.1 Å². The molecule has 0 saturated heterocycles. The van der Waals surface area contributed by atoms with Gasteiger partial charge in [-0.15, -0.1) is 12.1 Å². The van der Waals surface area contributed by atoms with Crippen LogP contribution in [0.3, 0.4) is 0 Å². The third-order valence-corrected chi connectivity index (χ3v) is 1.96. The number of hydrogen-bond acceptors (Lipinski definition) is 5. The van der Waals surface area contributed by atoms with E-state index in [0.29, 0.717) is 17.6 Å². The quantitative estimate of drug-likeness (QED) is 0.794. The van der Waals surface area contributed by atoms with E-state index in [9.17, 15) is 0 Å². The molecule has 0 radical (unpaired) electrons. The Labute approximate surface area is 114 Å². The van der Waals surface area contributed by atoms with Gasteiger partial charge in [0.2, 0.25) is 5.95 Å². The molecule has 0 aliphatic carbocycles. The van der Waals surface area contributed by atoms with Crippen LogP contribution in [0.1, 0.15) is 12.7 Å². The van der Waals surface area contributed by atoms with Crippen LogP contribution in [0.15, 0.2) is 18.3 Å². The van der Waals surface area contributed by atoms with Crippen molar-refractivity contribution in [2.24, 2.45) is 0 Å². The van der Waals surface area contributed by atoms with Crippen molar-refractivity contribution in [2.75, 3.05) is 11.9 Å². The molecule has 2 rings (SSSR count). The van der Waals surface area contributed by atoms with Gasteiger partial charge in [0, 0.05) is 27.6 Å². The van der Waals surface area contributed by atoms with Gasteiger partial charge < -0.3 is 10.3 Å². The van der Waals surface area contributed by atoms with Crippen molar-refractivity contribution in [1.82, 2.24) is 19.9 Å². The Balaban J connectivity index is 0.00000144. The van der Waals surface area contributed by atoms with E-state index in [2.05, 4.69) is 31.4 Å². The van der Waals surface area contributed by atoms with Crippen LogP contribution in [-0.4, -0.2) is 26.5 Å². The van der Waals surface area contributed by atoms with Crippen LogP contribution in [0.4, 0.5) is 5.95 Å². The van der Waals surface area contributed by atoms with Crippen LogP contribution in [0.25, 0.3) is 11.4 Å². The standard InChI is InChI=1S/C11H12N5.W/c1-3-13-11-15-8(2)14-10(16-11)9-4-6-12-7-5-9;/h4-6H,3H2,1-2H3,(H,13,14,15,16);/q-1;. The summed E-state index contributed by atoms with van der Waals surface area (Å²) in [7, 11) is 0. The number of aryl methyl sites for hydroxylation is 1. The topological polar surface area (TPSA) is 63.6 Å². The number of hydrogen-bond donors (Lipinski definition) is 1. The van der Waals surface area contributed by atoms with Gasteiger partial charge in [-0.05, 0) is 13.8 Å². The van der Waals surface area contributed by atoms with Gasteiger partial charge in [-0.2, -0.15) is 4.98 Å². The van der Waals surface area contributed by atoms with Crippen molar-refractivity contribution in [1.29, 1.82) is 0 Å². The van der Waals surface area contributed by atoms with Gasteiger partial charge in [-0.1, -0.05) is 18.0 Å². The zero-order valence-electron chi connectivity index (χ0n) is 9.64. The molecule has 0 spiro atoms. The maximum atomic E-state index is 4.31. The van der Waals surface area contributed by atoms with E-state index in [0.717, 1.165) is 12.1 Å². The number of rotatable bonds is 3. The predicted octanol–water partition coefficient (Wildman–Crippen LogP) is 1.47. The molecule has 0 aromatic carbocycles. The number of nitrogens with zero attached hydrogens (tertiary/aromatic N) is 4. The average Bonchev–Trinajstić information content (AvgIpc) is 2.30. The number of anilines is 1. The molecule has 0 aliphatic rings. The van der Waals surface area contributed by atoms with E-state index in [1.807, 2.05) is 19.9 Å². The van der Waals surface area contributed by atoms with Gasteiger partial charge in [0.25, 0.3) is 0 Å². The molecule has 5 nitrogen and oxygen atoms in total. The molecule has 0 amide bonds. The first-order valence-corrected chi connectivity index (χ1v) is 5.08. The van der Waals surface area contributed by atoms with E-state index in [-0.39, 0.29) is 21.1 Å². The fourth-order valence-electron chi connectivity index (χ4n) is 1.30. The zero-order valence-corrected chi connectivity index (χ0v) is 12.6. The second-order valence-electron chi connectivity index (χ2n) is 3.23. The molecule has 0 aliphatic heterocycles. The van der Waals surface area contributed by atoms with Crippen molar-refractivity contribution in [2.45, 2.75) is 13.8 Å². The fourth-order valence-corrected chi connectivity index (χ4v) is 1.30. The van der Waals surface area contributed by atoms with Gasteiger partial charge >= 0.3 is 0 Å². The largest absolute Gasteiger partial charge is 0.394 e. The molecular weight excluding hydrogens is 386 g/mol. The summed E-state index contributed by atoms with van der Waals surface area (Å²) in [4.78, 5) is 16.6. The van der Waals surface area contributed by atoms with Gasteiger partial charge in [-0.3, -0.25) is 0 Å². The summed E-state index contributed by atoms with van der Waals surface area (Å²) in [6.07, 6.45) is 4.43. The Kier molecular flexibility index (Phi) is 5.16. The Hall–Kier alpha value is -1.35. The number of aromatic nitrogens is 4. The van der Waals surface area contributed by atoms with Crippen LogP contribution in [0.5, 0.6) is 0 Å². The molecule has 0 unspecified atom stereocenters. The Morgan fingerprint density at radius 3 is 2.76 bits per heavy atom. The number of nitrogens with one attached hydrogen (secondary N) is 1. The Bertz CT molecular complexity index is 475. The smallest absolute Gasteiger partial charge is 0.225 e. The van der Waals surface area contributed by atoms with Crippen molar-refractivity contribution >= 4 is 5.95 Å². The van der Waals surface area contributed by atoms with E-state index in [1.165, 1.54) is 0 Å². The molecular formula is C11H12N5W-. The minimum absolute atomic E-state index is 0. The van der Waals surface area contributed by atoms with Gasteiger partial charge in [0.05, 0.1) is 0 Å². The summed E-state index contributed by atoms with van der Waals surface area (Å²) in [5.74, 6) is 1.93. The van der Waals surface area contributed by atoms with E-state index in [4.69, 9.17) is 0 Å². The summed E-state index contributed by atoms with van der Waals surface area (Å²) >= 11 is 0. The molecule has 88 valence electrons. The molecule has 2 aromatic rings. The van der Waals surface area contributed by atoms with E-state index in [1.54, 1.807) is 12.3 Å². The van der Waals surface area contributed by atoms with Crippen LogP contribution in [0.2, 0.25) is 0 Å². The van der Waals surface area contributed by atoms with Crippen molar-refractivity contribution < 1.29 is 21.1 Å². The summed E-state index contributed by atoms with van der Waals surface area (Å²) in [6, 6.07) is 3.60. The van der Waals surface area contributed by atoms with E-state index >= 15 is 0 Å². The molecule has 6 heteroatoms. The summed E-state index contributed by atoms with van der Waals surface area (Å²) in [6.45, 7) is 4.63. The van der Waals surface area contributed by atoms with Crippen LogP contribution < -0.4 is 5.32 Å². The molecule has 1 N–H and O–H groups in total. The second-order valence-corrected chi connectivity index (χ2v) is 3.23. The van der Waals surface area contributed by atoms with Gasteiger partial charge in [0.1, 0.15) is 11.6 Å². The normalized spacial score (nSPS) is 9.53. The van der Waals surface area contributed by atoms with Gasteiger partial charge in [0.15, 0.2) is 0 Å². The summed E-state index contributed by atoms with van der Waals surface area (Å²) in [5.41, 5.74) is 0.889. The summed E-state index contributed by atoms with van der Waals surface area (Å²) in [5, 5.41) is 3.07. The zero-order chi connectivity index (χ0) is 11.4. The summed E-state index contributed by atoms with van der Waals surface area (Å²) < 4.78 is 0. The molecule has 0 atom stereocenters. The third-order valence-electron chi connectivity index (χ3n) is 1.96. The van der Waals surface area contributed by atoms with Crippen LogP contribution >= 0.6 is 0 Å². The third kappa shape index (κ3) is 3.56. The Morgan fingerprint density at radius 2 is 2.12 bits per heavy atom. The Morgan fingerprint density at radius 1 is 1.29 bits per heavy atom. The molecule has 2 heterocycles. The fraction of sp³-hybridized carbons (Fsp3) is 0.273. The maximum Gasteiger partial charge on any atom is 0.225 e. The number of pyridine rings is 1. The maximum absolute atomic E-state index is 4.31. The average molecular weight is 398 g/mol. The van der Waals surface area contributed by atoms with Gasteiger partial charge in [-0.25, -0.2) is 9.97 Å². The minimum Gasteiger partial charge on any atom is -0.394 e. The monoisotopic (exact) mass is 398 g/mol. The van der Waals surface area contributed by atoms with Crippen molar-refractivity contribution in [3.05, 3.63) is 30.4 Å². The molecule has 2 aromatic heterocycles.